The lowest BCUT2D eigenvalue weighted by molar-refractivity contribution is 0.188. The molecule has 232 valence electrons. The molecule has 0 bridgehead atoms. The summed E-state index contributed by atoms with van der Waals surface area (Å²) in [6, 6.07) is 25.1. The van der Waals surface area contributed by atoms with Crippen LogP contribution in [0.2, 0.25) is 0 Å². The number of aryl methyl sites for hydroxylation is 1. The Bertz CT molecular complexity index is 1120. The van der Waals surface area contributed by atoms with Crippen LogP contribution < -0.4 is 9.80 Å². The molecule has 0 saturated carbocycles. The molecule has 0 aliphatic carbocycles. The lowest BCUT2D eigenvalue weighted by Gasteiger charge is -2.39. The smallest absolute Gasteiger partial charge is 0.188 e. The van der Waals surface area contributed by atoms with Gasteiger partial charge in [0.25, 0.3) is 0 Å². The fraction of sp³-hybridized carbons (Fsp3) is 0.543. The summed E-state index contributed by atoms with van der Waals surface area (Å²) in [4.78, 5) is 20.0. The molecule has 3 aromatic rings. The predicted molar refractivity (Wildman–Crippen MR) is 186 cm³/mol. The molecule has 5 rings (SSSR count). The SMILES string of the molecule is Cc1cc(SCCCC(C)N2CCN(c3ccccc3)CC2)nc(SCCCC(C)N2CCN(c3ccccc3)CC2)n1. The lowest BCUT2D eigenvalue weighted by Crippen LogP contribution is -2.49. The highest BCUT2D eigenvalue weighted by atomic mass is 32.2. The molecule has 1 aromatic heterocycles. The summed E-state index contributed by atoms with van der Waals surface area (Å²) in [6.45, 7) is 16.0. The molecule has 0 N–H and O–H groups in total. The highest BCUT2D eigenvalue weighted by Crippen LogP contribution is 2.25. The Kier molecular flexibility index (Phi) is 12.5. The third-order valence-electron chi connectivity index (χ3n) is 8.94. The number of thioether (sulfide) groups is 2. The first kappa shape index (κ1) is 32.1. The van der Waals surface area contributed by atoms with E-state index >= 15 is 0 Å². The van der Waals surface area contributed by atoms with Crippen LogP contribution in [0.3, 0.4) is 0 Å². The van der Waals surface area contributed by atoms with Gasteiger partial charge in [-0.15, -0.1) is 11.8 Å². The number of benzene rings is 2. The number of rotatable bonds is 14. The van der Waals surface area contributed by atoms with E-state index in [0.717, 1.165) is 79.7 Å². The molecule has 43 heavy (non-hydrogen) atoms. The van der Waals surface area contributed by atoms with Crippen LogP contribution >= 0.6 is 23.5 Å². The molecule has 2 aliphatic heterocycles. The third-order valence-corrected chi connectivity index (χ3v) is 10.9. The Morgan fingerprint density at radius 2 is 1.09 bits per heavy atom. The van der Waals surface area contributed by atoms with Crippen LogP contribution in [0.5, 0.6) is 0 Å². The van der Waals surface area contributed by atoms with Crippen molar-refractivity contribution >= 4 is 34.9 Å². The fourth-order valence-corrected chi connectivity index (χ4v) is 8.08. The van der Waals surface area contributed by atoms with Gasteiger partial charge in [0, 0.05) is 87.3 Å². The monoisotopic (exact) mass is 618 g/mol. The maximum atomic E-state index is 4.90. The average molecular weight is 619 g/mol. The van der Waals surface area contributed by atoms with Crippen molar-refractivity contribution in [1.82, 2.24) is 19.8 Å². The number of hydrogen-bond acceptors (Lipinski definition) is 8. The van der Waals surface area contributed by atoms with Crippen LogP contribution in [0, 0.1) is 6.92 Å². The highest BCUT2D eigenvalue weighted by Gasteiger charge is 2.22. The number of hydrogen-bond donors (Lipinski definition) is 0. The zero-order valence-electron chi connectivity index (χ0n) is 26.4. The van der Waals surface area contributed by atoms with Crippen LogP contribution in [0.15, 0.2) is 76.9 Å². The van der Waals surface area contributed by atoms with Gasteiger partial charge in [0.1, 0.15) is 5.03 Å². The van der Waals surface area contributed by atoms with Crippen molar-refractivity contribution in [2.45, 2.75) is 68.7 Å². The zero-order valence-corrected chi connectivity index (χ0v) is 28.0. The molecule has 6 nitrogen and oxygen atoms in total. The number of nitrogens with zero attached hydrogens (tertiary/aromatic N) is 6. The number of anilines is 2. The van der Waals surface area contributed by atoms with E-state index in [4.69, 9.17) is 9.97 Å². The molecule has 2 unspecified atom stereocenters. The van der Waals surface area contributed by atoms with Gasteiger partial charge in [-0.25, -0.2) is 9.97 Å². The molecule has 8 heteroatoms. The quantitative estimate of drug-likeness (QED) is 0.0832. The zero-order chi connectivity index (χ0) is 29.9. The first-order valence-corrected chi connectivity index (χ1v) is 18.2. The maximum absolute atomic E-state index is 4.90. The van der Waals surface area contributed by atoms with Gasteiger partial charge in [0.15, 0.2) is 5.16 Å². The second-order valence-electron chi connectivity index (χ2n) is 12.0. The van der Waals surface area contributed by atoms with Crippen LogP contribution in [0.4, 0.5) is 11.4 Å². The summed E-state index contributed by atoms with van der Waals surface area (Å²) in [5, 5.41) is 2.07. The second-order valence-corrected chi connectivity index (χ2v) is 14.2. The normalized spacial score (nSPS) is 18.1. The molecule has 2 fully saturated rings. The van der Waals surface area contributed by atoms with E-state index in [-0.39, 0.29) is 0 Å². The van der Waals surface area contributed by atoms with Crippen LogP contribution in [0.25, 0.3) is 0 Å². The Morgan fingerprint density at radius 3 is 1.58 bits per heavy atom. The molecule has 2 saturated heterocycles. The van der Waals surface area contributed by atoms with E-state index in [2.05, 4.69) is 107 Å². The van der Waals surface area contributed by atoms with Crippen molar-refractivity contribution in [3.05, 3.63) is 72.4 Å². The van der Waals surface area contributed by atoms with E-state index < -0.39 is 0 Å². The minimum atomic E-state index is 0.623. The molecular formula is C35H50N6S2. The molecule has 0 amide bonds. The van der Waals surface area contributed by atoms with Crippen molar-refractivity contribution in [2.75, 3.05) is 73.7 Å². The minimum Gasteiger partial charge on any atom is -0.369 e. The Hall–Kier alpha value is -2.26. The topological polar surface area (TPSA) is 38.7 Å². The van der Waals surface area contributed by atoms with Crippen molar-refractivity contribution in [1.29, 1.82) is 0 Å². The number of para-hydroxylation sites is 2. The van der Waals surface area contributed by atoms with Gasteiger partial charge in [-0.2, -0.15) is 0 Å². The first-order chi connectivity index (χ1) is 21.0. The summed E-state index contributed by atoms with van der Waals surface area (Å²) in [5.74, 6) is 2.20. The standard InChI is InChI=1S/C35H50N6S2/c1-29-28-34(42-26-10-12-30(2)38-18-22-40(23-19-38)32-14-6-4-7-15-32)37-35(36-29)43-27-11-13-31(3)39-20-24-41(25-21-39)33-16-8-5-9-17-33/h4-9,14-17,28,30-31H,10-13,18-27H2,1-3H3. The second kappa shape index (κ2) is 16.7. The molecular weight excluding hydrogens is 569 g/mol. The van der Waals surface area contributed by atoms with Gasteiger partial charge in [0.05, 0.1) is 0 Å². The van der Waals surface area contributed by atoms with Gasteiger partial charge >= 0.3 is 0 Å². The first-order valence-electron chi connectivity index (χ1n) is 16.2. The van der Waals surface area contributed by atoms with Crippen molar-refractivity contribution < 1.29 is 0 Å². The van der Waals surface area contributed by atoms with E-state index in [9.17, 15) is 0 Å². The maximum Gasteiger partial charge on any atom is 0.188 e. The molecule has 0 radical (unpaired) electrons. The van der Waals surface area contributed by atoms with E-state index in [1.54, 1.807) is 0 Å². The van der Waals surface area contributed by atoms with Crippen molar-refractivity contribution in [2.24, 2.45) is 0 Å². The largest absolute Gasteiger partial charge is 0.369 e. The molecule has 0 spiro atoms. The fourth-order valence-electron chi connectivity index (χ4n) is 6.23. The molecule has 2 atom stereocenters. The van der Waals surface area contributed by atoms with E-state index in [1.807, 2.05) is 23.5 Å². The minimum absolute atomic E-state index is 0.623. The van der Waals surface area contributed by atoms with Gasteiger partial charge < -0.3 is 9.80 Å². The van der Waals surface area contributed by atoms with Crippen LogP contribution in [0.1, 0.15) is 45.2 Å². The lowest BCUT2D eigenvalue weighted by atomic mass is 10.1. The Balaban J connectivity index is 0.956. The van der Waals surface area contributed by atoms with Gasteiger partial charge in [-0.3, -0.25) is 9.80 Å². The third kappa shape index (κ3) is 9.87. The Morgan fingerprint density at radius 1 is 0.628 bits per heavy atom. The summed E-state index contributed by atoms with van der Waals surface area (Å²) in [6.07, 6.45) is 4.88. The van der Waals surface area contributed by atoms with Gasteiger partial charge in [-0.05, 0) is 82.5 Å². The summed E-state index contributed by atoms with van der Waals surface area (Å²) < 4.78 is 0. The highest BCUT2D eigenvalue weighted by molar-refractivity contribution is 7.99. The predicted octanol–water partition coefficient (Wildman–Crippen LogP) is 6.95. The summed E-state index contributed by atoms with van der Waals surface area (Å²) in [5.41, 5.74) is 3.78. The van der Waals surface area contributed by atoms with Gasteiger partial charge in [-0.1, -0.05) is 48.2 Å². The number of aromatic nitrogens is 2. The van der Waals surface area contributed by atoms with E-state index in [0.29, 0.717) is 12.1 Å². The average Bonchev–Trinajstić information content (AvgIpc) is 3.05. The van der Waals surface area contributed by atoms with Crippen molar-refractivity contribution in [3.8, 4) is 0 Å². The Labute approximate surface area is 268 Å². The molecule has 2 aromatic carbocycles. The number of piperazine rings is 2. The van der Waals surface area contributed by atoms with Crippen LogP contribution in [-0.4, -0.2) is 95.7 Å². The van der Waals surface area contributed by atoms with E-state index in [1.165, 1.54) is 37.1 Å². The summed E-state index contributed by atoms with van der Waals surface area (Å²) in [7, 11) is 0. The van der Waals surface area contributed by atoms with Crippen LogP contribution in [-0.2, 0) is 0 Å². The summed E-state index contributed by atoms with van der Waals surface area (Å²) >= 11 is 3.72. The van der Waals surface area contributed by atoms with Gasteiger partial charge in [0.2, 0.25) is 0 Å². The molecule has 2 aliphatic rings. The van der Waals surface area contributed by atoms with Crippen molar-refractivity contribution in [3.63, 3.8) is 0 Å². The molecule has 3 heterocycles.